The molecule has 0 amide bonds. The molecule has 0 atom stereocenters. The molecule has 0 aromatic carbocycles. The second kappa shape index (κ2) is 9.19. The van der Waals surface area contributed by atoms with Crippen molar-refractivity contribution in [2.75, 3.05) is 14.2 Å². The predicted molar refractivity (Wildman–Crippen MR) is 60.9 cm³/mol. The first-order valence-corrected chi connectivity index (χ1v) is 5.73. The van der Waals surface area contributed by atoms with Crippen LogP contribution in [0, 0.1) is 5.92 Å². The Morgan fingerprint density at radius 3 is 1.62 bits per heavy atom. The third kappa shape index (κ3) is 8.26. The van der Waals surface area contributed by atoms with E-state index in [1.165, 1.54) is 14.2 Å². The van der Waals surface area contributed by atoms with Gasteiger partial charge in [0.05, 0.1) is 14.2 Å². The highest BCUT2D eigenvalue weighted by Gasteiger charge is 2.06. The fraction of sp³-hybridized carbons (Fsp3) is 0.833. The standard InChI is InChI=1S/C12H22O4/c1-10(6-4-8-11(13)15-2)7-5-9-12(14)16-3/h10H,4-9H2,1-3H3. The minimum atomic E-state index is -0.151. The molecule has 94 valence electrons. The summed E-state index contributed by atoms with van der Waals surface area (Å²) in [6.45, 7) is 2.13. The van der Waals surface area contributed by atoms with Crippen molar-refractivity contribution in [3.63, 3.8) is 0 Å². The predicted octanol–water partition coefficient (Wildman–Crippen LogP) is 2.31. The van der Waals surface area contributed by atoms with E-state index in [0.717, 1.165) is 25.7 Å². The first-order chi connectivity index (χ1) is 7.60. The second-order valence-electron chi connectivity index (χ2n) is 4.04. The SMILES string of the molecule is COC(=O)CCCC(C)CCCC(=O)OC. The van der Waals surface area contributed by atoms with Crippen molar-refractivity contribution in [3.05, 3.63) is 0 Å². The Labute approximate surface area is 97.3 Å². The highest BCUT2D eigenvalue weighted by molar-refractivity contribution is 5.69. The third-order valence-electron chi connectivity index (χ3n) is 2.61. The summed E-state index contributed by atoms with van der Waals surface area (Å²) >= 11 is 0. The summed E-state index contributed by atoms with van der Waals surface area (Å²) < 4.78 is 9.12. The van der Waals surface area contributed by atoms with Gasteiger partial charge in [0.1, 0.15) is 0 Å². The Morgan fingerprint density at radius 1 is 0.938 bits per heavy atom. The summed E-state index contributed by atoms with van der Waals surface area (Å²) in [5, 5.41) is 0. The molecule has 0 aliphatic heterocycles. The number of ether oxygens (including phenoxy) is 2. The molecule has 0 fully saturated rings. The summed E-state index contributed by atoms with van der Waals surface area (Å²) in [5.41, 5.74) is 0. The van der Waals surface area contributed by atoms with Crippen molar-refractivity contribution >= 4 is 11.9 Å². The van der Waals surface area contributed by atoms with Gasteiger partial charge in [-0.1, -0.05) is 19.8 Å². The van der Waals surface area contributed by atoms with Crippen LogP contribution in [0.3, 0.4) is 0 Å². The van der Waals surface area contributed by atoms with Gasteiger partial charge in [-0.15, -0.1) is 0 Å². The Bertz CT molecular complexity index is 191. The van der Waals surface area contributed by atoms with Crippen LogP contribution in [0.25, 0.3) is 0 Å². The molecule has 0 saturated carbocycles. The summed E-state index contributed by atoms with van der Waals surface area (Å²) in [7, 11) is 2.81. The van der Waals surface area contributed by atoms with Gasteiger partial charge in [0.25, 0.3) is 0 Å². The Morgan fingerprint density at radius 2 is 1.31 bits per heavy atom. The molecule has 4 heteroatoms. The maximum atomic E-state index is 10.9. The summed E-state index contributed by atoms with van der Waals surface area (Å²) in [6.07, 6.45) is 4.67. The molecule has 0 unspecified atom stereocenters. The number of carbonyl (C=O) groups excluding carboxylic acids is 2. The van der Waals surface area contributed by atoms with Gasteiger partial charge < -0.3 is 9.47 Å². The summed E-state index contributed by atoms with van der Waals surface area (Å²) in [4.78, 5) is 21.7. The Kier molecular flexibility index (Phi) is 8.58. The fourth-order valence-corrected chi connectivity index (χ4v) is 1.54. The molecule has 0 aliphatic rings. The van der Waals surface area contributed by atoms with Crippen LogP contribution in [0.2, 0.25) is 0 Å². The van der Waals surface area contributed by atoms with Crippen LogP contribution in [0.4, 0.5) is 0 Å². The average Bonchev–Trinajstić information content (AvgIpc) is 2.28. The zero-order valence-corrected chi connectivity index (χ0v) is 10.5. The van der Waals surface area contributed by atoms with Gasteiger partial charge in [-0.3, -0.25) is 9.59 Å². The molecule has 16 heavy (non-hydrogen) atoms. The Hall–Kier alpha value is -1.06. The van der Waals surface area contributed by atoms with Gasteiger partial charge in [-0.05, 0) is 18.8 Å². The van der Waals surface area contributed by atoms with Crippen molar-refractivity contribution in [1.29, 1.82) is 0 Å². The van der Waals surface area contributed by atoms with E-state index in [2.05, 4.69) is 16.4 Å². The van der Waals surface area contributed by atoms with Gasteiger partial charge in [0.15, 0.2) is 0 Å². The maximum absolute atomic E-state index is 10.9. The van der Waals surface area contributed by atoms with E-state index in [-0.39, 0.29) is 11.9 Å². The van der Waals surface area contributed by atoms with Gasteiger partial charge in [-0.2, -0.15) is 0 Å². The van der Waals surface area contributed by atoms with Crippen LogP contribution < -0.4 is 0 Å². The minimum absolute atomic E-state index is 0.151. The lowest BCUT2D eigenvalue weighted by Crippen LogP contribution is -2.04. The average molecular weight is 230 g/mol. The molecule has 0 rings (SSSR count). The fourth-order valence-electron chi connectivity index (χ4n) is 1.54. The van der Waals surface area contributed by atoms with Crippen LogP contribution in [-0.2, 0) is 19.1 Å². The van der Waals surface area contributed by atoms with Gasteiger partial charge in [0.2, 0.25) is 0 Å². The van der Waals surface area contributed by atoms with E-state index < -0.39 is 0 Å². The van der Waals surface area contributed by atoms with E-state index in [4.69, 9.17) is 0 Å². The maximum Gasteiger partial charge on any atom is 0.305 e. The first kappa shape index (κ1) is 14.9. The minimum Gasteiger partial charge on any atom is -0.469 e. The van der Waals surface area contributed by atoms with E-state index >= 15 is 0 Å². The highest BCUT2D eigenvalue weighted by Crippen LogP contribution is 2.15. The molecule has 0 bridgehead atoms. The van der Waals surface area contributed by atoms with Crippen molar-refractivity contribution in [2.45, 2.75) is 45.4 Å². The third-order valence-corrected chi connectivity index (χ3v) is 2.61. The first-order valence-electron chi connectivity index (χ1n) is 5.73. The van der Waals surface area contributed by atoms with E-state index in [9.17, 15) is 9.59 Å². The number of rotatable bonds is 8. The van der Waals surface area contributed by atoms with Crippen molar-refractivity contribution in [1.82, 2.24) is 0 Å². The summed E-state index contributed by atoms with van der Waals surface area (Å²) in [6, 6.07) is 0. The molecule has 0 spiro atoms. The molecule has 0 heterocycles. The second-order valence-corrected chi connectivity index (χ2v) is 4.04. The van der Waals surface area contributed by atoms with E-state index in [0.29, 0.717) is 18.8 Å². The lowest BCUT2D eigenvalue weighted by molar-refractivity contribution is -0.141. The van der Waals surface area contributed by atoms with Gasteiger partial charge in [0, 0.05) is 12.8 Å². The van der Waals surface area contributed by atoms with Crippen LogP contribution in [0.15, 0.2) is 0 Å². The highest BCUT2D eigenvalue weighted by atomic mass is 16.5. The number of esters is 2. The van der Waals surface area contributed by atoms with Crippen molar-refractivity contribution in [2.24, 2.45) is 5.92 Å². The van der Waals surface area contributed by atoms with Crippen LogP contribution in [-0.4, -0.2) is 26.2 Å². The lowest BCUT2D eigenvalue weighted by Gasteiger charge is -2.09. The molecule has 0 radical (unpaired) electrons. The summed E-state index contributed by atoms with van der Waals surface area (Å²) in [5.74, 6) is 0.234. The number of carbonyl (C=O) groups is 2. The Balaban J connectivity index is 3.41. The molecule has 0 N–H and O–H groups in total. The number of methoxy groups -OCH3 is 2. The van der Waals surface area contributed by atoms with E-state index in [1.54, 1.807) is 0 Å². The van der Waals surface area contributed by atoms with Crippen LogP contribution in [0.5, 0.6) is 0 Å². The zero-order valence-electron chi connectivity index (χ0n) is 10.5. The molecule has 4 nitrogen and oxygen atoms in total. The van der Waals surface area contributed by atoms with E-state index in [1.807, 2.05) is 0 Å². The lowest BCUT2D eigenvalue weighted by atomic mass is 9.98. The van der Waals surface area contributed by atoms with Crippen LogP contribution >= 0.6 is 0 Å². The van der Waals surface area contributed by atoms with Crippen molar-refractivity contribution in [3.8, 4) is 0 Å². The monoisotopic (exact) mass is 230 g/mol. The molecule has 0 saturated heterocycles. The molecular weight excluding hydrogens is 208 g/mol. The van der Waals surface area contributed by atoms with Crippen molar-refractivity contribution < 1.29 is 19.1 Å². The molecular formula is C12H22O4. The number of hydrogen-bond acceptors (Lipinski definition) is 4. The van der Waals surface area contributed by atoms with Gasteiger partial charge >= 0.3 is 11.9 Å². The normalized spacial score (nSPS) is 10.2. The van der Waals surface area contributed by atoms with Gasteiger partial charge in [-0.25, -0.2) is 0 Å². The molecule has 0 aromatic rings. The molecule has 0 aliphatic carbocycles. The number of hydrogen-bond donors (Lipinski definition) is 0. The van der Waals surface area contributed by atoms with Crippen LogP contribution in [0.1, 0.15) is 45.4 Å². The smallest absolute Gasteiger partial charge is 0.305 e. The largest absolute Gasteiger partial charge is 0.469 e. The quantitative estimate of drug-likeness (QED) is 0.600. The zero-order chi connectivity index (χ0) is 12.4. The molecule has 0 aromatic heterocycles. The topological polar surface area (TPSA) is 52.6 Å².